The number of aliphatic hydroxyl groups excluding tert-OH is 3. The van der Waals surface area contributed by atoms with E-state index in [0.29, 0.717) is 17.6 Å². The highest BCUT2D eigenvalue weighted by molar-refractivity contribution is 5.27. The van der Waals surface area contributed by atoms with Crippen LogP contribution in [-0.2, 0) is 0 Å². The fourth-order valence-corrected chi connectivity index (χ4v) is 6.40. The first-order valence-electron chi connectivity index (χ1n) is 8.82. The number of hydrogen-bond donors (Lipinski definition) is 3. The number of allylic oxidation sites excluding steroid dienone is 3. The summed E-state index contributed by atoms with van der Waals surface area (Å²) in [6.45, 7) is 4.53. The maximum absolute atomic E-state index is 10.9. The molecule has 8 atom stereocenters. The van der Waals surface area contributed by atoms with Crippen molar-refractivity contribution in [2.45, 2.75) is 58.2 Å². The number of fused-ring (bicyclic) bond motifs is 5. The van der Waals surface area contributed by atoms with Crippen molar-refractivity contribution in [1.29, 1.82) is 0 Å². The highest BCUT2D eigenvalue weighted by atomic mass is 16.3. The van der Waals surface area contributed by atoms with Crippen LogP contribution in [-0.4, -0.2) is 27.5 Å². The average molecular weight is 304 g/mol. The van der Waals surface area contributed by atoms with Gasteiger partial charge in [-0.1, -0.05) is 19.9 Å². The molecule has 22 heavy (non-hydrogen) atoms. The van der Waals surface area contributed by atoms with Crippen molar-refractivity contribution >= 4 is 0 Å². The Labute approximate surface area is 132 Å². The lowest BCUT2D eigenvalue weighted by Crippen LogP contribution is -2.57. The highest BCUT2D eigenvalue weighted by Crippen LogP contribution is 2.64. The van der Waals surface area contributed by atoms with Gasteiger partial charge in [0.15, 0.2) is 0 Å². The summed E-state index contributed by atoms with van der Waals surface area (Å²) in [6.07, 6.45) is 10.2. The average Bonchev–Trinajstić information content (AvgIpc) is 2.77. The topological polar surface area (TPSA) is 60.7 Å². The third kappa shape index (κ3) is 1.75. The van der Waals surface area contributed by atoms with E-state index < -0.39 is 0 Å². The normalized spacial score (nSPS) is 56.8. The Morgan fingerprint density at radius 3 is 2.64 bits per heavy atom. The number of rotatable bonds is 0. The minimum atomic E-state index is -0.312. The highest BCUT2D eigenvalue weighted by Gasteiger charge is 2.61. The van der Waals surface area contributed by atoms with E-state index >= 15 is 0 Å². The van der Waals surface area contributed by atoms with Gasteiger partial charge in [0, 0.05) is 0 Å². The van der Waals surface area contributed by atoms with Gasteiger partial charge in [0.05, 0.1) is 12.2 Å². The van der Waals surface area contributed by atoms with Gasteiger partial charge in [-0.2, -0.15) is 0 Å². The molecule has 4 rings (SSSR count). The molecule has 3 nitrogen and oxygen atoms in total. The molecule has 1 unspecified atom stereocenters. The summed E-state index contributed by atoms with van der Waals surface area (Å²) in [7, 11) is 0. The smallest absolute Gasteiger partial charge is 0.111 e. The van der Waals surface area contributed by atoms with Crippen molar-refractivity contribution in [3.05, 3.63) is 24.0 Å². The SMILES string of the molecule is C[C@]12CC[C@H]3[C@@H]([C@@H](O)CC4C=C(O)C=C[C@@]43C)[C@@H]1CC[C@@H]2O. The third-order valence-electron chi connectivity index (χ3n) is 7.81. The second-order valence-electron chi connectivity index (χ2n) is 8.63. The molecule has 0 bridgehead atoms. The Bertz CT molecular complexity index is 539. The van der Waals surface area contributed by atoms with Crippen LogP contribution in [0, 0.1) is 34.5 Å². The van der Waals surface area contributed by atoms with Crippen molar-refractivity contribution in [3.8, 4) is 0 Å². The molecule has 122 valence electrons. The Balaban J connectivity index is 1.72. The van der Waals surface area contributed by atoms with Crippen molar-refractivity contribution < 1.29 is 15.3 Å². The van der Waals surface area contributed by atoms with Gasteiger partial charge in [0.1, 0.15) is 5.76 Å². The zero-order chi connectivity index (χ0) is 15.7. The molecule has 0 spiro atoms. The van der Waals surface area contributed by atoms with Gasteiger partial charge < -0.3 is 15.3 Å². The quantitative estimate of drug-likeness (QED) is 0.644. The number of hydrogen-bond acceptors (Lipinski definition) is 3. The van der Waals surface area contributed by atoms with Crippen LogP contribution in [0.5, 0.6) is 0 Å². The van der Waals surface area contributed by atoms with E-state index in [4.69, 9.17) is 0 Å². The fraction of sp³-hybridized carbons (Fsp3) is 0.789. The molecule has 4 aliphatic rings. The maximum atomic E-state index is 10.9. The van der Waals surface area contributed by atoms with Crippen molar-refractivity contribution in [2.75, 3.05) is 0 Å². The van der Waals surface area contributed by atoms with Gasteiger partial charge in [0.25, 0.3) is 0 Å². The summed E-state index contributed by atoms with van der Waals surface area (Å²) < 4.78 is 0. The summed E-state index contributed by atoms with van der Waals surface area (Å²) in [4.78, 5) is 0. The van der Waals surface area contributed by atoms with E-state index in [1.807, 2.05) is 12.2 Å². The van der Waals surface area contributed by atoms with Crippen LogP contribution in [0.1, 0.15) is 46.0 Å². The summed E-state index contributed by atoms with van der Waals surface area (Å²) in [5.74, 6) is 1.73. The largest absolute Gasteiger partial charge is 0.508 e. The van der Waals surface area contributed by atoms with Gasteiger partial charge in [-0.15, -0.1) is 0 Å². The Morgan fingerprint density at radius 2 is 1.86 bits per heavy atom. The van der Waals surface area contributed by atoms with Crippen LogP contribution in [0.3, 0.4) is 0 Å². The second-order valence-corrected chi connectivity index (χ2v) is 8.63. The van der Waals surface area contributed by atoms with Crippen molar-refractivity contribution in [2.24, 2.45) is 34.5 Å². The van der Waals surface area contributed by atoms with E-state index in [0.717, 1.165) is 32.1 Å². The molecular weight excluding hydrogens is 276 g/mol. The molecule has 0 aromatic rings. The molecule has 0 amide bonds. The third-order valence-corrected chi connectivity index (χ3v) is 7.81. The second kappa shape index (κ2) is 4.61. The zero-order valence-corrected chi connectivity index (χ0v) is 13.6. The molecule has 3 saturated carbocycles. The van der Waals surface area contributed by atoms with Gasteiger partial charge in [-0.05, 0) is 78.8 Å². The zero-order valence-electron chi connectivity index (χ0n) is 13.6. The van der Waals surface area contributed by atoms with Crippen LogP contribution in [0.25, 0.3) is 0 Å². The Kier molecular flexibility index (Phi) is 3.09. The summed E-state index contributed by atoms with van der Waals surface area (Å²) in [5, 5.41) is 31.2. The lowest BCUT2D eigenvalue weighted by molar-refractivity contribution is -0.137. The Morgan fingerprint density at radius 1 is 1.09 bits per heavy atom. The number of aliphatic hydroxyl groups is 3. The standard InChI is InChI=1S/C19H28O3/c1-18-7-5-12(20)9-11(18)10-15(21)17-13-3-4-16(22)19(13,2)8-6-14(17)18/h5,7,9,11,13-17,20-22H,3-4,6,8,10H2,1-2H3/t11?,13-,14-,15-,16-,17-,18-,19-/m0/s1. The monoisotopic (exact) mass is 304 g/mol. The van der Waals surface area contributed by atoms with Crippen molar-refractivity contribution in [1.82, 2.24) is 0 Å². The predicted octanol–water partition coefficient (Wildman–Crippen LogP) is 3.19. The van der Waals surface area contributed by atoms with Crippen LogP contribution >= 0.6 is 0 Å². The summed E-state index contributed by atoms with van der Waals surface area (Å²) in [5.41, 5.74) is 0.0205. The van der Waals surface area contributed by atoms with Crippen LogP contribution < -0.4 is 0 Å². The first kappa shape index (κ1) is 14.8. The maximum Gasteiger partial charge on any atom is 0.111 e. The van der Waals surface area contributed by atoms with E-state index in [9.17, 15) is 15.3 Å². The molecule has 3 heteroatoms. The lowest BCUT2D eigenvalue weighted by atomic mass is 9.46. The van der Waals surface area contributed by atoms with Gasteiger partial charge >= 0.3 is 0 Å². The predicted molar refractivity (Wildman–Crippen MR) is 85.1 cm³/mol. The molecule has 0 radical (unpaired) electrons. The molecule has 3 N–H and O–H groups in total. The van der Waals surface area contributed by atoms with Crippen molar-refractivity contribution in [3.63, 3.8) is 0 Å². The van der Waals surface area contributed by atoms with Crippen LogP contribution in [0.15, 0.2) is 24.0 Å². The first-order valence-corrected chi connectivity index (χ1v) is 8.82. The van der Waals surface area contributed by atoms with Gasteiger partial charge in [0.2, 0.25) is 0 Å². The molecule has 0 saturated heterocycles. The molecule has 3 fully saturated rings. The molecule has 0 aromatic carbocycles. The van der Waals surface area contributed by atoms with Crippen LogP contribution in [0.2, 0.25) is 0 Å². The first-order chi connectivity index (χ1) is 10.4. The molecular formula is C19H28O3. The molecule has 0 heterocycles. The van der Waals surface area contributed by atoms with E-state index in [-0.39, 0.29) is 34.9 Å². The van der Waals surface area contributed by atoms with Gasteiger partial charge in [-0.3, -0.25) is 0 Å². The van der Waals surface area contributed by atoms with Crippen LogP contribution in [0.4, 0.5) is 0 Å². The minimum Gasteiger partial charge on any atom is -0.508 e. The summed E-state index contributed by atoms with van der Waals surface area (Å²) >= 11 is 0. The lowest BCUT2D eigenvalue weighted by Gasteiger charge is -2.59. The van der Waals surface area contributed by atoms with E-state index in [1.54, 1.807) is 0 Å². The molecule has 0 aliphatic heterocycles. The fourth-order valence-electron chi connectivity index (χ4n) is 6.40. The Hall–Kier alpha value is -0.800. The molecule has 0 aromatic heterocycles. The minimum absolute atomic E-state index is 0.0122. The molecule has 4 aliphatic carbocycles. The summed E-state index contributed by atoms with van der Waals surface area (Å²) in [6, 6.07) is 0. The van der Waals surface area contributed by atoms with E-state index in [2.05, 4.69) is 19.9 Å². The van der Waals surface area contributed by atoms with E-state index in [1.165, 1.54) is 0 Å². The van der Waals surface area contributed by atoms with Gasteiger partial charge in [-0.25, -0.2) is 0 Å².